The normalized spacial score (nSPS) is 15.6. The van der Waals surface area contributed by atoms with Crippen molar-refractivity contribution >= 4 is 11.6 Å². The third-order valence-corrected chi connectivity index (χ3v) is 5.23. The Kier molecular flexibility index (Phi) is 6.22. The fraction of sp³-hybridized carbons (Fsp3) is 0.435. The van der Waals surface area contributed by atoms with Gasteiger partial charge in [0.05, 0.1) is 0 Å². The number of anilines is 1. The van der Waals surface area contributed by atoms with Crippen LogP contribution in [-0.2, 0) is 4.79 Å². The van der Waals surface area contributed by atoms with Crippen molar-refractivity contribution in [1.29, 1.82) is 0 Å². The second-order valence-electron chi connectivity index (χ2n) is 7.74. The van der Waals surface area contributed by atoms with Crippen molar-refractivity contribution in [1.82, 2.24) is 4.90 Å². The number of carbonyl (C=O) groups is 1. The maximum atomic E-state index is 13.1. The van der Waals surface area contributed by atoms with Crippen LogP contribution in [-0.4, -0.2) is 43.1 Å². The number of carbonyl (C=O) groups excluding carboxylic acids is 1. The Morgan fingerprint density at radius 3 is 2.25 bits per heavy atom. The first-order chi connectivity index (χ1) is 13.3. The van der Waals surface area contributed by atoms with Gasteiger partial charge in [0.2, 0.25) is 0 Å². The molecule has 1 fully saturated rings. The van der Waals surface area contributed by atoms with Gasteiger partial charge in [-0.25, -0.2) is 4.39 Å². The first-order valence-electron chi connectivity index (χ1n) is 9.91. The Labute approximate surface area is 166 Å². The Bertz CT molecular complexity index is 812. The van der Waals surface area contributed by atoms with Crippen LogP contribution in [0.25, 0.3) is 0 Å². The third kappa shape index (κ3) is 4.64. The highest BCUT2D eigenvalue weighted by molar-refractivity contribution is 5.81. The van der Waals surface area contributed by atoms with E-state index in [-0.39, 0.29) is 11.7 Å². The Morgan fingerprint density at radius 2 is 1.64 bits per heavy atom. The van der Waals surface area contributed by atoms with Crippen LogP contribution in [0.4, 0.5) is 10.1 Å². The summed E-state index contributed by atoms with van der Waals surface area (Å²) in [5.41, 5.74) is 3.22. The number of nitrogens with zero attached hydrogens (tertiary/aromatic N) is 2. The van der Waals surface area contributed by atoms with Gasteiger partial charge in [-0.1, -0.05) is 26.0 Å². The van der Waals surface area contributed by atoms with Crippen LogP contribution >= 0.6 is 0 Å². The first kappa shape index (κ1) is 20.2. The third-order valence-electron chi connectivity index (χ3n) is 5.23. The van der Waals surface area contributed by atoms with Crippen LogP contribution in [0.15, 0.2) is 42.5 Å². The van der Waals surface area contributed by atoms with Gasteiger partial charge in [-0.2, -0.15) is 0 Å². The van der Waals surface area contributed by atoms with E-state index in [4.69, 9.17) is 4.74 Å². The van der Waals surface area contributed by atoms with E-state index < -0.39 is 6.10 Å². The smallest absolute Gasteiger partial charge is 0.263 e. The highest BCUT2D eigenvalue weighted by Gasteiger charge is 2.27. The second kappa shape index (κ2) is 8.63. The SMILES string of the molecule is Cc1ccc(C(C)C)c(OC(C)C(=O)N2CCN(c3ccc(F)cc3)CC2)c1. The predicted octanol–water partition coefficient (Wildman–Crippen LogP) is 4.37. The van der Waals surface area contributed by atoms with E-state index in [2.05, 4.69) is 30.9 Å². The van der Waals surface area contributed by atoms with Crippen molar-refractivity contribution in [3.63, 3.8) is 0 Å². The zero-order chi connectivity index (χ0) is 20.3. The fourth-order valence-electron chi connectivity index (χ4n) is 3.56. The molecule has 0 bridgehead atoms. The molecule has 2 aromatic carbocycles. The molecule has 2 aromatic rings. The second-order valence-corrected chi connectivity index (χ2v) is 7.74. The molecule has 0 radical (unpaired) electrons. The van der Waals surface area contributed by atoms with Gasteiger partial charge in [0.25, 0.3) is 5.91 Å². The molecule has 0 aliphatic carbocycles. The highest BCUT2D eigenvalue weighted by Crippen LogP contribution is 2.28. The average Bonchev–Trinajstić information content (AvgIpc) is 2.68. The lowest BCUT2D eigenvalue weighted by Crippen LogP contribution is -2.52. The van der Waals surface area contributed by atoms with Gasteiger partial charge in [-0.3, -0.25) is 4.79 Å². The molecule has 4 nitrogen and oxygen atoms in total. The summed E-state index contributed by atoms with van der Waals surface area (Å²) in [5, 5.41) is 0. The van der Waals surface area contributed by atoms with Crippen LogP contribution in [0, 0.1) is 12.7 Å². The van der Waals surface area contributed by atoms with Crippen LogP contribution < -0.4 is 9.64 Å². The summed E-state index contributed by atoms with van der Waals surface area (Å²) >= 11 is 0. The molecule has 3 rings (SSSR count). The standard InChI is InChI=1S/C23H29FN2O2/c1-16(2)21-10-5-17(3)15-22(21)28-18(4)23(27)26-13-11-25(12-14-26)20-8-6-19(24)7-9-20/h5-10,15-16,18H,11-14H2,1-4H3. The maximum Gasteiger partial charge on any atom is 0.263 e. The predicted molar refractivity (Wildman–Crippen MR) is 111 cm³/mol. The lowest BCUT2D eigenvalue weighted by atomic mass is 10.0. The number of aryl methyl sites for hydroxylation is 1. The topological polar surface area (TPSA) is 32.8 Å². The molecule has 0 spiro atoms. The molecule has 1 atom stereocenters. The van der Waals surface area contributed by atoms with Gasteiger partial charge >= 0.3 is 0 Å². The summed E-state index contributed by atoms with van der Waals surface area (Å²) in [6.07, 6.45) is -0.531. The summed E-state index contributed by atoms with van der Waals surface area (Å²) in [4.78, 5) is 16.9. The van der Waals surface area contributed by atoms with Crippen LogP contribution in [0.2, 0.25) is 0 Å². The minimum absolute atomic E-state index is 0.00923. The molecule has 150 valence electrons. The van der Waals surface area contributed by atoms with E-state index in [0.29, 0.717) is 19.0 Å². The Balaban J connectivity index is 1.61. The van der Waals surface area contributed by atoms with Crippen molar-refractivity contribution in [2.75, 3.05) is 31.1 Å². The lowest BCUT2D eigenvalue weighted by molar-refractivity contribution is -0.138. The van der Waals surface area contributed by atoms with Gasteiger partial charge in [0, 0.05) is 31.9 Å². The highest BCUT2D eigenvalue weighted by atomic mass is 19.1. The molecule has 1 heterocycles. The first-order valence-corrected chi connectivity index (χ1v) is 9.91. The minimum atomic E-state index is -0.531. The zero-order valence-corrected chi connectivity index (χ0v) is 17.1. The summed E-state index contributed by atoms with van der Waals surface area (Å²) in [6.45, 7) is 10.8. The quantitative estimate of drug-likeness (QED) is 0.767. The molecule has 1 unspecified atom stereocenters. The molecular formula is C23H29FN2O2. The van der Waals surface area contributed by atoms with E-state index >= 15 is 0 Å². The minimum Gasteiger partial charge on any atom is -0.481 e. The number of rotatable bonds is 5. The van der Waals surface area contributed by atoms with Crippen LogP contribution in [0.1, 0.15) is 37.8 Å². The Hall–Kier alpha value is -2.56. The van der Waals surface area contributed by atoms with Crippen molar-refractivity contribution in [3.05, 3.63) is 59.4 Å². The molecule has 1 amide bonds. The Morgan fingerprint density at radius 1 is 1.00 bits per heavy atom. The summed E-state index contributed by atoms with van der Waals surface area (Å²) in [6, 6.07) is 12.7. The van der Waals surface area contributed by atoms with Gasteiger partial charge < -0.3 is 14.5 Å². The van der Waals surface area contributed by atoms with E-state index in [9.17, 15) is 9.18 Å². The number of benzene rings is 2. The summed E-state index contributed by atoms with van der Waals surface area (Å²) in [7, 11) is 0. The van der Waals surface area contributed by atoms with Gasteiger partial charge in [-0.05, 0) is 61.2 Å². The van der Waals surface area contributed by atoms with E-state index in [1.807, 2.05) is 24.8 Å². The molecule has 28 heavy (non-hydrogen) atoms. The van der Waals surface area contributed by atoms with Gasteiger partial charge in [-0.15, -0.1) is 0 Å². The molecule has 1 saturated heterocycles. The molecule has 1 aliphatic heterocycles. The maximum absolute atomic E-state index is 13.1. The van der Waals surface area contributed by atoms with Crippen LogP contribution in [0.5, 0.6) is 5.75 Å². The van der Waals surface area contributed by atoms with E-state index in [0.717, 1.165) is 35.7 Å². The van der Waals surface area contributed by atoms with E-state index in [1.54, 1.807) is 12.1 Å². The molecule has 5 heteroatoms. The van der Waals surface area contributed by atoms with Crippen molar-refractivity contribution < 1.29 is 13.9 Å². The van der Waals surface area contributed by atoms with Gasteiger partial charge in [0.1, 0.15) is 11.6 Å². The number of piperazine rings is 1. The van der Waals surface area contributed by atoms with Crippen molar-refractivity contribution in [3.8, 4) is 5.75 Å². The zero-order valence-electron chi connectivity index (χ0n) is 17.1. The molecular weight excluding hydrogens is 355 g/mol. The van der Waals surface area contributed by atoms with Crippen molar-refractivity contribution in [2.24, 2.45) is 0 Å². The number of hydrogen-bond acceptors (Lipinski definition) is 3. The number of ether oxygens (including phenoxy) is 1. The average molecular weight is 384 g/mol. The molecule has 0 aromatic heterocycles. The van der Waals surface area contributed by atoms with Crippen molar-refractivity contribution in [2.45, 2.75) is 39.7 Å². The number of halogens is 1. The molecule has 0 saturated carbocycles. The number of hydrogen-bond donors (Lipinski definition) is 0. The fourth-order valence-corrected chi connectivity index (χ4v) is 3.56. The van der Waals surface area contributed by atoms with E-state index in [1.165, 1.54) is 12.1 Å². The molecule has 1 aliphatic rings. The number of amides is 1. The van der Waals surface area contributed by atoms with Gasteiger partial charge in [0.15, 0.2) is 6.10 Å². The summed E-state index contributed by atoms with van der Waals surface area (Å²) < 4.78 is 19.2. The molecule has 0 N–H and O–H groups in total. The monoisotopic (exact) mass is 384 g/mol. The largest absolute Gasteiger partial charge is 0.481 e. The van der Waals surface area contributed by atoms with Crippen LogP contribution in [0.3, 0.4) is 0 Å². The summed E-state index contributed by atoms with van der Waals surface area (Å²) in [5.74, 6) is 0.897. The lowest BCUT2D eigenvalue weighted by Gasteiger charge is -2.37.